The van der Waals surface area contributed by atoms with Crippen LogP contribution in [0, 0.1) is 11.3 Å². The van der Waals surface area contributed by atoms with E-state index in [-0.39, 0.29) is 35.9 Å². The summed E-state index contributed by atoms with van der Waals surface area (Å²) in [6.45, 7) is 12.6. The van der Waals surface area contributed by atoms with E-state index in [0.29, 0.717) is 55.3 Å². The summed E-state index contributed by atoms with van der Waals surface area (Å²) in [5.41, 5.74) is -0.954. The lowest BCUT2D eigenvalue weighted by molar-refractivity contribution is -0.138. The van der Waals surface area contributed by atoms with E-state index in [9.17, 15) is 37.6 Å². The lowest BCUT2D eigenvalue weighted by Gasteiger charge is -2.42. The molecule has 17 heteroatoms. The van der Waals surface area contributed by atoms with Crippen LogP contribution in [0.25, 0.3) is 0 Å². The SMILES string of the molecule is CCc1cc(N2[C@@H](S)N(c3ccc(C#N)c(C(F)(F)F)c3)C(=O)C2(C)C)ccc1OCCN1CCN([C@H](C)C(=O)Nc2cccc(N[C@@H]3CCC(=O)NC3=O)c2)[C@H](C)C1. The van der Waals surface area contributed by atoms with E-state index < -0.39 is 46.3 Å². The summed E-state index contributed by atoms with van der Waals surface area (Å²) in [6.07, 6.45) is -3.50. The fourth-order valence-electron chi connectivity index (χ4n) is 7.99. The average molecular weight is 835 g/mol. The summed E-state index contributed by atoms with van der Waals surface area (Å²) < 4.78 is 47.7. The summed E-state index contributed by atoms with van der Waals surface area (Å²) >= 11 is 4.73. The zero-order valence-electron chi connectivity index (χ0n) is 33.6. The number of aryl methyl sites for hydroxylation is 1. The van der Waals surface area contributed by atoms with Crippen LogP contribution in [0.3, 0.4) is 0 Å². The van der Waals surface area contributed by atoms with Gasteiger partial charge >= 0.3 is 6.18 Å². The maximum Gasteiger partial charge on any atom is 0.417 e. The number of ether oxygens (including phenoxy) is 1. The van der Waals surface area contributed by atoms with Gasteiger partial charge in [0.25, 0.3) is 5.91 Å². The van der Waals surface area contributed by atoms with Gasteiger partial charge in [0.2, 0.25) is 17.7 Å². The second-order valence-electron chi connectivity index (χ2n) is 15.6. The Balaban J connectivity index is 1.03. The van der Waals surface area contributed by atoms with Crippen molar-refractivity contribution in [1.29, 1.82) is 5.26 Å². The molecule has 314 valence electrons. The lowest BCUT2D eigenvalue weighted by atomic mass is 10.0. The van der Waals surface area contributed by atoms with Gasteiger partial charge in [-0.2, -0.15) is 18.4 Å². The van der Waals surface area contributed by atoms with Crippen molar-refractivity contribution in [3.8, 4) is 11.8 Å². The molecule has 3 aliphatic rings. The number of piperazine rings is 1. The van der Waals surface area contributed by atoms with Crippen LogP contribution in [0.15, 0.2) is 60.7 Å². The van der Waals surface area contributed by atoms with E-state index in [4.69, 9.17) is 17.4 Å². The quantitative estimate of drug-likeness (QED) is 0.134. The van der Waals surface area contributed by atoms with Crippen molar-refractivity contribution < 1.29 is 37.1 Å². The number of hydrogen-bond acceptors (Lipinski definition) is 11. The number of nitrogens with one attached hydrogen (secondary N) is 3. The van der Waals surface area contributed by atoms with Gasteiger partial charge in [0.05, 0.1) is 23.2 Å². The molecule has 13 nitrogen and oxygen atoms in total. The highest BCUT2D eigenvalue weighted by Crippen LogP contribution is 2.43. The molecule has 3 fully saturated rings. The molecular weight excluding hydrogens is 786 g/mol. The molecule has 4 amide bonds. The number of rotatable bonds is 12. The van der Waals surface area contributed by atoms with Gasteiger partial charge in [-0.1, -0.05) is 13.0 Å². The maximum absolute atomic E-state index is 13.8. The number of benzene rings is 3. The standard InChI is InChI=1S/C42H49F3N8O5S/c1-6-27-20-32(53-40(59)52(39(57)41(53,4)5)31-11-10-28(23-46)33(22-31)42(43,44)45)12-14-35(27)58-19-18-50-16-17-51(25(2)24-50)26(3)37(55)48-30-9-7-8-29(21-30)47-34-13-15-36(54)49-38(34)56/h7-12,14,20-22,25-26,34,40,47,59H,6,13,15-19,24H2,1-5H3,(H,48,55)(H,49,54,56)/t25-,26-,34-,40+/m1/s1. The minimum Gasteiger partial charge on any atom is -0.492 e. The number of nitrogens with zero attached hydrogens (tertiary/aromatic N) is 5. The predicted molar refractivity (Wildman–Crippen MR) is 221 cm³/mol. The van der Waals surface area contributed by atoms with Crippen molar-refractivity contribution in [1.82, 2.24) is 15.1 Å². The van der Waals surface area contributed by atoms with Crippen molar-refractivity contribution >= 4 is 59.0 Å². The Labute approximate surface area is 347 Å². The highest BCUT2D eigenvalue weighted by Gasteiger charge is 2.52. The Kier molecular flexibility index (Phi) is 12.8. The second kappa shape index (κ2) is 17.5. The van der Waals surface area contributed by atoms with E-state index in [1.165, 1.54) is 11.0 Å². The third-order valence-electron chi connectivity index (χ3n) is 11.2. The van der Waals surface area contributed by atoms with Crippen molar-refractivity contribution in [3.05, 3.63) is 77.4 Å². The Bertz CT molecular complexity index is 2140. The van der Waals surface area contributed by atoms with Crippen molar-refractivity contribution in [2.24, 2.45) is 0 Å². The first-order valence-electron chi connectivity index (χ1n) is 19.6. The number of hydrogen-bond donors (Lipinski definition) is 4. The summed E-state index contributed by atoms with van der Waals surface area (Å²) in [5, 5.41) is 17.7. The molecule has 0 radical (unpaired) electrons. The smallest absolute Gasteiger partial charge is 0.417 e. The van der Waals surface area contributed by atoms with Gasteiger partial charge in [0.1, 0.15) is 23.9 Å². The molecular formula is C42H49F3N8O5S. The number of piperidine rings is 1. The molecule has 59 heavy (non-hydrogen) atoms. The molecule has 4 atom stereocenters. The number of anilines is 4. The van der Waals surface area contributed by atoms with Gasteiger partial charge in [-0.15, -0.1) is 12.6 Å². The summed E-state index contributed by atoms with van der Waals surface area (Å²) in [4.78, 5) is 58.2. The number of amides is 4. The topological polar surface area (TPSA) is 150 Å². The van der Waals surface area contributed by atoms with Crippen LogP contribution < -0.4 is 30.5 Å². The first kappa shape index (κ1) is 43.3. The van der Waals surface area contributed by atoms with Crippen LogP contribution in [0.5, 0.6) is 5.75 Å². The van der Waals surface area contributed by atoms with E-state index in [1.54, 1.807) is 49.1 Å². The molecule has 0 unspecified atom stereocenters. The molecule has 0 spiro atoms. The summed E-state index contributed by atoms with van der Waals surface area (Å²) in [5.74, 6) is -0.557. The van der Waals surface area contributed by atoms with E-state index in [2.05, 4.69) is 32.7 Å². The van der Waals surface area contributed by atoms with Crippen molar-refractivity contribution in [3.63, 3.8) is 0 Å². The third-order valence-corrected chi connectivity index (χ3v) is 11.7. The van der Waals surface area contributed by atoms with Gasteiger partial charge in [-0.3, -0.25) is 39.2 Å². The number of alkyl halides is 3. The van der Waals surface area contributed by atoms with Crippen LogP contribution in [0.1, 0.15) is 64.2 Å². The highest BCUT2D eigenvalue weighted by atomic mass is 32.1. The van der Waals surface area contributed by atoms with Crippen LogP contribution in [-0.4, -0.2) is 95.4 Å². The van der Waals surface area contributed by atoms with Crippen molar-refractivity contribution in [2.75, 3.05) is 53.2 Å². The number of carbonyl (C=O) groups excluding carboxylic acids is 4. The number of imide groups is 1. The van der Waals surface area contributed by atoms with E-state index >= 15 is 0 Å². The first-order valence-corrected chi connectivity index (χ1v) is 20.1. The van der Waals surface area contributed by atoms with Crippen LogP contribution in [-0.2, 0) is 31.8 Å². The minimum absolute atomic E-state index is 0.00990. The molecule has 0 aromatic heterocycles. The largest absolute Gasteiger partial charge is 0.492 e. The Hall–Kier alpha value is -5.31. The normalized spacial score (nSPS) is 21.8. The number of thiol groups is 1. The fourth-order valence-corrected chi connectivity index (χ4v) is 8.65. The Morgan fingerprint density at radius 3 is 2.47 bits per heavy atom. The van der Waals surface area contributed by atoms with Gasteiger partial charge in [0.15, 0.2) is 5.50 Å². The molecule has 0 saturated carbocycles. The second-order valence-corrected chi connectivity index (χ2v) is 16.0. The predicted octanol–water partition coefficient (Wildman–Crippen LogP) is 5.61. The Morgan fingerprint density at radius 2 is 1.80 bits per heavy atom. The van der Waals surface area contributed by atoms with Crippen LogP contribution in [0.2, 0.25) is 0 Å². The molecule has 3 saturated heterocycles. The lowest BCUT2D eigenvalue weighted by Crippen LogP contribution is -2.57. The molecule has 6 rings (SSSR count). The molecule has 3 aliphatic heterocycles. The van der Waals surface area contributed by atoms with Crippen LogP contribution in [0.4, 0.5) is 35.9 Å². The molecule has 3 aromatic rings. The van der Waals surface area contributed by atoms with Gasteiger partial charge < -0.3 is 20.3 Å². The molecule has 0 bridgehead atoms. The highest BCUT2D eigenvalue weighted by molar-refractivity contribution is 7.81. The van der Waals surface area contributed by atoms with Crippen LogP contribution >= 0.6 is 12.6 Å². The summed E-state index contributed by atoms with van der Waals surface area (Å²) in [6, 6.07) is 16.7. The maximum atomic E-state index is 13.8. The van der Waals surface area contributed by atoms with Gasteiger partial charge in [-0.05, 0) is 101 Å². The van der Waals surface area contributed by atoms with Gasteiger partial charge in [0, 0.05) is 61.4 Å². The number of nitriles is 1. The van der Waals surface area contributed by atoms with Gasteiger partial charge in [-0.25, -0.2) is 0 Å². The zero-order chi connectivity index (χ0) is 42.8. The average Bonchev–Trinajstić information content (AvgIpc) is 3.37. The first-order chi connectivity index (χ1) is 27.9. The molecule has 3 N–H and O–H groups in total. The minimum atomic E-state index is -4.78. The Morgan fingerprint density at radius 1 is 1.07 bits per heavy atom. The van der Waals surface area contributed by atoms with Crippen molar-refractivity contribution in [2.45, 2.75) is 89.2 Å². The summed E-state index contributed by atoms with van der Waals surface area (Å²) in [7, 11) is 0. The number of carbonyl (C=O) groups is 4. The number of halogens is 3. The zero-order valence-corrected chi connectivity index (χ0v) is 34.5. The molecule has 3 heterocycles. The monoisotopic (exact) mass is 834 g/mol. The molecule has 0 aliphatic carbocycles. The third kappa shape index (κ3) is 9.29. The fraction of sp³-hybridized carbons (Fsp3) is 0.452. The molecule has 3 aromatic carbocycles. The van der Waals surface area contributed by atoms with E-state index in [1.807, 2.05) is 32.0 Å². The van der Waals surface area contributed by atoms with E-state index in [0.717, 1.165) is 30.8 Å².